The molecule has 0 atom stereocenters. The maximum Gasteiger partial charge on any atom is 0.337 e. The van der Waals surface area contributed by atoms with Crippen LogP contribution in [0.2, 0.25) is 0 Å². The van der Waals surface area contributed by atoms with Crippen molar-refractivity contribution in [1.29, 1.82) is 0 Å². The van der Waals surface area contributed by atoms with E-state index in [1.165, 1.54) is 7.11 Å². The minimum atomic E-state index is -0.310. The Hall–Kier alpha value is -0.350. The van der Waals surface area contributed by atoms with Gasteiger partial charge in [-0.05, 0) is 30.2 Å². The van der Waals surface area contributed by atoms with Gasteiger partial charge >= 0.3 is 5.97 Å². The first-order valence-corrected chi connectivity index (χ1v) is 5.86. The van der Waals surface area contributed by atoms with Gasteiger partial charge in [-0.2, -0.15) is 0 Å². The predicted molar refractivity (Wildman–Crippen MR) is 63.1 cm³/mol. The summed E-state index contributed by atoms with van der Waals surface area (Å²) in [5, 5.41) is 0. The van der Waals surface area contributed by atoms with Gasteiger partial charge in [-0.15, -0.1) is 0 Å². The second kappa shape index (κ2) is 4.94. The van der Waals surface area contributed by atoms with E-state index in [4.69, 9.17) is 0 Å². The Balaban J connectivity index is 3.13. The van der Waals surface area contributed by atoms with Crippen molar-refractivity contribution in [2.24, 2.45) is 0 Å². The number of hydrogen-bond acceptors (Lipinski definition) is 2. The van der Waals surface area contributed by atoms with Crippen molar-refractivity contribution in [3.8, 4) is 0 Å². The predicted octanol–water partition coefficient (Wildman–Crippen LogP) is 3.57. The van der Waals surface area contributed by atoms with E-state index in [9.17, 15) is 4.79 Å². The number of aryl methyl sites for hydroxylation is 1. The molecule has 0 bridgehead atoms. The van der Waals surface area contributed by atoms with Crippen LogP contribution in [-0.4, -0.2) is 13.1 Å². The zero-order valence-electron chi connectivity index (χ0n) is 7.88. The Morgan fingerprint density at radius 3 is 2.50 bits per heavy atom. The van der Waals surface area contributed by atoms with Crippen molar-refractivity contribution in [3.63, 3.8) is 0 Å². The maximum atomic E-state index is 11.3. The number of alkyl halides is 2. The normalized spacial score (nSPS) is 10.4. The Labute approximate surface area is 99.9 Å². The van der Waals surface area contributed by atoms with E-state index in [-0.39, 0.29) is 9.71 Å². The molecule has 0 saturated carbocycles. The minimum Gasteiger partial charge on any atom is -0.465 e. The number of ether oxygens (including phenoxy) is 1. The average Bonchev–Trinajstić information content (AvgIpc) is 2.15. The highest BCUT2D eigenvalue weighted by Crippen LogP contribution is 2.30. The number of esters is 1. The van der Waals surface area contributed by atoms with E-state index in [2.05, 4.69) is 36.6 Å². The molecule has 2 nitrogen and oxygen atoms in total. The fourth-order valence-corrected chi connectivity index (χ4v) is 1.70. The molecule has 1 rings (SSSR count). The van der Waals surface area contributed by atoms with Crippen LogP contribution in [-0.2, 0) is 4.74 Å². The average molecular weight is 322 g/mol. The minimum absolute atomic E-state index is 0.0540. The van der Waals surface area contributed by atoms with Gasteiger partial charge in [-0.3, -0.25) is 0 Å². The van der Waals surface area contributed by atoms with Gasteiger partial charge in [0.15, 0.2) is 0 Å². The second-order valence-corrected chi connectivity index (χ2v) is 5.98. The molecule has 0 aromatic heterocycles. The van der Waals surface area contributed by atoms with Crippen LogP contribution in [0, 0.1) is 6.92 Å². The monoisotopic (exact) mass is 320 g/mol. The lowest BCUT2D eigenvalue weighted by molar-refractivity contribution is 0.0600. The Bertz CT molecular complexity index is 348. The third-order valence-electron chi connectivity index (χ3n) is 1.77. The van der Waals surface area contributed by atoms with Gasteiger partial charge in [0.25, 0.3) is 0 Å². The smallest absolute Gasteiger partial charge is 0.337 e. The number of carbonyl (C=O) groups excluding carboxylic acids is 1. The van der Waals surface area contributed by atoms with Gasteiger partial charge in [-0.25, -0.2) is 4.79 Å². The van der Waals surface area contributed by atoms with E-state index in [1.807, 2.05) is 13.0 Å². The van der Waals surface area contributed by atoms with Crippen LogP contribution in [0.4, 0.5) is 0 Å². The lowest BCUT2D eigenvalue weighted by atomic mass is 10.1. The molecular formula is C10H10Br2O2. The van der Waals surface area contributed by atoms with Crippen molar-refractivity contribution in [1.82, 2.24) is 0 Å². The fraction of sp³-hybridized carbons (Fsp3) is 0.300. The van der Waals surface area contributed by atoms with Crippen LogP contribution < -0.4 is 0 Å². The van der Waals surface area contributed by atoms with Gasteiger partial charge in [-0.1, -0.05) is 37.9 Å². The summed E-state index contributed by atoms with van der Waals surface area (Å²) in [5.41, 5.74) is 2.61. The third kappa shape index (κ3) is 2.82. The molecule has 0 radical (unpaired) electrons. The van der Waals surface area contributed by atoms with Gasteiger partial charge < -0.3 is 4.74 Å². The molecule has 0 heterocycles. The first kappa shape index (κ1) is 11.7. The molecule has 0 aliphatic rings. The van der Waals surface area contributed by atoms with Crippen LogP contribution in [0.1, 0.15) is 25.2 Å². The van der Waals surface area contributed by atoms with E-state index < -0.39 is 0 Å². The highest BCUT2D eigenvalue weighted by molar-refractivity contribution is 9.24. The highest BCUT2D eigenvalue weighted by atomic mass is 79.9. The van der Waals surface area contributed by atoms with Crippen molar-refractivity contribution in [2.75, 3.05) is 7.11 Å². The second-order valence-electron chi connectivity index (χ2n) is 2.92. The lowest BCUT2D eigenvalue weighted by Crippen LogP contribution is -2.02. The molecule has 0 aliphatic carbocycles. The molecule has 0 aliphatic heterocycles. The number of methoxy groups -OCH3 is 1. The Morgan fingerprint density at radius 2 is 2.00 bits per heavy atom. The van der Waals surface area contributed by atoms with Crippen molar-refractivity contribution >= 4 is 37.8 Å². The summed E-state index contributed by atoms with van der Waals surface area (Å²) < 4.78 is 4.71. The molecule has 1 aromatic carbocycles. The van der Waals surface area contributed by atoms with Crippen molar-refractivity contribution < 1.29 is 9.53 Å². The SMILES string of the molecule is COC(=O)c1cc(C)cc(C(Br)Br)c1. The number of hydrogen-bond donors (Lipinski definition) is 0. The van der Waals surface area contributed by atoms with E-state index in [0.717, 1.165) is 11.1 Å². The van der Waals surface area contributed by atoms with Gasteiger partial charge in [0, 0.05) is 0 Å². The topological polar surface area (TPSA) is 26.3 Å². The Kier molecular flexibility index (Phi) is 4.13. The zero-order chi connectivity index (χ0) is 10.7. The largest absolute Gasteiger partial charge is 0.465 e. The van der Waals surface area contributed by atoms with Crippen LogP contribution in [0.3, 0.4) is 0 Å². The highest BCUT2D eigenvalue weighted by Gasteiger charge is 2.10. The van der Waals surface area contributed by atoms with Crippen molar-refractivity contribution in [2.45, 2.75) is 10.7 Å². The summed E-state index contributed by atoms with van der Waals surface area (Å²) in [6.45, 7) is 1.94. The van der Waals surface area contributed by atoms with E-state index >= 15 is 0 Å². The molecule has 0 saturated heterocycles. The molecule has 76 valence electrons. The first-order chi connectivity index (χ1) is 6.54. The summed E-state index contributed by atoms with van der Waals surface area (Å²) >= 11 is 6.77. The third-order valence-corrected chi connectivity index (χ3v) is 2.83. The van der Waals surface area contributed by atoms with Gasteiger partial charge in [0.2, 0.25) is 0 Å². The molecular weight excluding hydrogens is 312 g/mol. The van der Waals surface area contributed by atoms with Crippen LogP contribution in [0.15, 0.2) is 18.2 Å². The van der Waals surface area contributed by atoms with Crippen LogP contribution >= 0.6 is 31.9 Å². The zero-order valence-corrected chi connectivity index (χ0v) is 11.1. The molecule has 0 unspecified atom stereocenters. The number of halogens is 2. The molecule has 14 heavy (non-hydrogen) atoms. The van der Waals surface area contributed by atoms with Gasteiger partial charge in [0.05, 0.1) is 16.4 Å². The number of carbonyl (C=O) groups is 1. The molecule has 0 N–H and O–H groups in total. The van der Waals surface area contributed by atoms with E-state index in [1.54, 1.807) is 12.1 Å². The standard InChI is InChI=1S/C10H10Br2O2/c1-6-3-7(9(11)12)5-8(4-6)10(13)14-2/h3-5,9H,1-2H3. The lowest BCUT2D eigenvalue weighted by Gasteiger charge is -2.06. The summed E-state index contributed by atoms with van der Waals surface area (Å²) in [6.07, 6.45) is 0. The summed E-state index contributed by atoms with van der Waals surface area (Å²) in [5.74, 6) is -0.310. The molecule has 4 heteroatoms. The Morgan fingerprint density at radius 1 is 1.36 bits per heavy atom. The van der Waals surface area contributed by atoms with Crippen molar-refractivity contribution in [3.05, 3.63) is 34.9 Å². The summed E-state index contributed by atoms with van der Waals surface area (Å²) in [6, 6.07) is 5.60. The maximum absolute atomic E-state index is 11.3. The molecule has 1 aromatic rings. The number of benzene rings is 1. The van der Waals surface area contributed by atoms with E-state index in [0.29, 0.717) is 5.56 Å². The summed E-state index contributed by atoms with van der Waals surface area (Å²) in [4.78, 5) is 11.3. The quantitative estimate of drug-likeness (QED) is 0.615. The molecule has 0 fully saturated rings. The first-order valence-electron chi connectivity index (χ1n) is 4.02. The summed E-state index contributed by atoms with van der Waals surface area (Å²) in [7, 11) is 1.38. The number of rotatable bonds is 2. The van der Waals surface area contributed by atoms with Crippen LogP contribution in [0.25, 0.3) is 0 Å². The van der Waals surface area contributed by atoms with Crippen LogP contribution in [0.5, 0.6) is 0 Å². The molecule has 0 spiro atoms. The fourth-order valence-electron chi connectivity index (χ4n) is 1.17. The molecule has 0 amide bonds. The van der Waals surface area contributed by atoms with Gasteiger partial charge in [0.1, 0.15) is 0 Å².